The number of carbonyl (C=O) groups is 1. The van der Waals surface area contributed by atoms with E-state index in [-0.39, 0.29) is 6.42 Å². The van der Waals surface area contributed by atoms with E-state index in [1.54, 1.807) is 6.07 Å². The Labute approximate surface area is 102 Å². The maximum atomic E-state index is 12.4. The fraction of sp³-hybridized carbons (Fsp3) is 0.417. The molecule has 0 aliphatic rings. The van der Waals surface area contributed by atoms with Crippen LogP contribution in [0, 0.1) is 0 Å². The maximum Gasteiger partial charge on any atom is 0.416 e. The average molecular weight is 261 g/mol. The van der Waals surface area contributed by atoms with Gasteiger partial charge in [0.1, 0.15) is 6.04 Å². The van der Waals surface area contributed by atoms with Crippen LogP contribution in [0.2, 0.25) is 0 Å². The second-order valence-electron chi connectivity index (χ2n) is 4.04. The topological polar surface area (TPSA) is 63.3 Å². The van der Waals surface area contributed by atoms with Crippen LogP contribution >= 0.6 is 0 Å². The minimum Gasteiger partial charge on any atom is -0.480 e. The molecule has 0 fully saturated rings. The monoisotopic (exact) mass is 261 g/mol. The van der Waals surface area contributed by atoms with Crippen LogP contribution in [-0.4, -0.2) is 17.1 Å². The molecule has 1 atom stereocenters. The number of carboxylic acid groups (broad SMARTS) is 1. The van der Waals surface area contributed by atoms with Crippen molar-refractivity contribution in [2.24, 2.45) is 5.73 Å². The van der Waals surface area contributed by atoms with E-state index in [1.165, 1.54) is 6.07 Å². The molecule has 0 heterocycles. The van der Waals surface area contributed by atoms with Gasteiger partial charge in [-0.2, -0.15) is 13.2 Å². The molecular formula is C12H14F3NO2. The highest BCUT2D eigenvalue weighted by molar-refractivity contribution is 5.72. The molecule has 0 aromatic heterocycles. The zero-order valence-corrected chi connectivity index (χ0v) is 9.57. The van der Waals surface area contributed by atoms with Gasteiger partial charge in [0.05, 0.1) is 5.56 Å². The first kappa shape index (κ1) is 14.5. The summed E-state index contributed by atoms with van der Waals surface area (Å²) in [5.74, 6) is -1.10. The summed E-state index contributed by atoms with van der Waals surface area (Å²) in [4.78, 5) is 10.5. The Bertz CT molecular complexity index is 418. The largest absolute Gasteiger partial charge is 0.480 e. The second kappa shape index (κ2) is 5.86. The maximum absolute atomic E-state index is 12.4. The standard InChI is InChI=1S/C12H14F3NO2/c13-12(14,15)9-5-1-3-8(7-9)4-2-6-10(16)11(17)18/h1,3,5,7,10H,2,4,6,16H2,(H,17,18). The Hall–Kier alpha value is -1.56. The number of hydrogen-bond acceptors (Lipinski definition) is 2. The molecule has 1 rings (SSSR count). The highest BCUT2D eigenvalue weighted by Crippen LogP contribution is 2.29. The van der Waals surface area contributed by atoms with Crippen molar-refractivity contribution in [3.8, 4) is 0 Å². The number of aryl methyl sites for hydroxylation is 1. The quantitative estimate of drug-likeness (QED) is 0.855. The summed E-state index contributed by atoms with van der Waals surface area (Å²) in [6.45, 7) is 0. The van der Waals surface area contributed by atoms with Crippen molar-refractivity contribution < 1.29 is 23.1 Å². The van der Waals surface area contributed by atoms with E-state index in [2.05, 4.69) is 0 Å². The predicted molar refractivity (Wildman–Crippen MR) is 60.0 cm³/mol. The molecule has 0 aliphatic heterocycles. The summed E-state index contributed by atoms with van der Waals surface area (Å²) >= 11 is 0. The van der Waals surface area contributed by atoms with Gasteiger partial charge in [0.25, 0.3) is 0 Å². The van der Waals surface area contributed by atoms with Crippen molar-refractivity contribution in [2.75, 3.05) is 0 Å². The van der Waals surface area contributed by atoms with Gasteiger partial charge in [0.15, 0.2) is 0 Å². The van der Waals surface area contributed by atoms with Crippen LogP contribution in [-0.2, 0) is 17.4 Å². The van der Waals surface area contributed by atoms with Gasteiger partial charge in [0.2, 0.25) is 0 Å². The second-order valence-corrected chi connectivity index (χ2v) is 4.04. The molecule has 3 nitrogen and oxygen atoms in total. The Morgan fingerprint density at radius 1 is 1.39 bits per heavy atom. The van der Waals surface area contributed by atoms with Gasteiger partial charge < -0.3 is 10.8 Å². The van der Waals surface area contributed by atoms with E-state index < -0.39 is 23.8 Å². The number of benzene rings is 1. The van der Waals surface area contributed by atoms with Crippen molar-refractivity contribution in [3.63, 3.8) is 0 Å². The summed E-state index contributed by atoms with van der Waals surface area (Å²) in [7, 11) is 0. The van der Waals surface area contributed by atoms with Crippen molar-refractivity contribution in [1.29, 1.82) is 0 Å². The van der Waals surface area contributed by atoms with E-state index >= 15 is 0 Å². The number of nitrogens with two attached hydrogens (primary N) is 1. The first-order chi connectivity index (χ1) is 8.30. The third-order valence-electron chi connectivity index (χ3n) is 2.55. The third-order valence-corrected chi connectivity index (χ3v) is 2.55. The number of hydrogen-bond donors (Lipinski definition) is 2. The van der Waals surface area contributed by atoms with Crippen LogP contribution in [0.3, 0.4) is 0 Å². The Balaban J connectivity index is 2.56. The summed E-state index contributed by atoms with van der Waals surface area (Å²) < 4.78 is 37.3. The predicted octanol–water partition coefficient (Wildman–Crippen LogP) is 2.44. The zero-order valence-electron chi connectivity index (χ0n) is 9.57. The molecule has 0 spiro atoms. The molecular weight excluding hydrogens is 247 g/mol. The normalized spacial score (nSPS) is 13.3. The number of rotatable bonds is 5. The molecule has 0 aliphatic carbocycles. The highest BCUT2D eigenvalue weighted by Gasteiger charge is 2.30. The van der Waals surface area contributed by atoms with E-state index in [0.29, 0.717) is 18.4 Å². The van der Waals surface area contributed by atoms with E-state index in [4.69, 9.17) is 10.8 Å². The van der Waals surface area contributed by atoms with E-state index in [9.17, 15) is 18.0 Å². The van der Waals surface area contributed by atoms with Gasteiger partial charge in [-0.1, -0.05) is 18.2 Å². The van der Waals surface area contributed by atoms with Crippen molar-refractivity contribution in [3.05, 3.63) is 35.4 Å². The summed E-state index contributed by atoms with van der Waals surface area (Å²) in [6.07, 6.45) is -3.29. The Morgan fingerprint density at radius 3 is 2.61 bits per heavy atom. The van der Waals surface area contributed by atoms with Crippen LogP contribution < -0.4 is 5.73 Å². The fourth-order valence-corrected chi connectivity index (χ4v) is 1.55. The summed E-state index contributed by atoms with van der Waals surface area (Å²) in [5, 5.41) is 8.56. The minimum absolute atomic E-state index is 0.242. The van der Waals surface area contributed by atoms with Gasteiger partial charge in [-0.3, -0.25) is 4.79 Å². The minimum atomic E-state index is -4.35. The van der Waals surface area contributed by atoms with E-state index in [0.717, 1.165) is 12.1 Å². The molecule has 0 saturated heterocycles. The van der Waals surface area contributed by atoms with Crippen LogP contribution in [0.5, 0.6) is 0 Å². The van der Waals surface area contributed by atoms with Crippen LogP contribution in [0.25, 0.3) is 0 Å². The van der Waals surface area contributed by atoms with Crippen molar-refractivity contribution >= 4 is 5.97 Å². The van der Waals surface area contributed by atoms with Crippen LogP contribution in [0.4, 0.5) is 13.2 Å². The molecule has 0 saturated carbocycles. The molecule has 1 aromatic rings. The lowest BCUT2D eigenvalue weighted by Gasteiger charge is -2.09. The molecule has 1 unspecified atom stereocenters. The lowest BCUT2D eigenvalue weighted by molar-refractivity contribution is -0.139. The molecule has 0 radical (unpaired) electrons. The average Bonchev–Trinajstić information content (AvgIpc) is 2.28. The van der Waals surface area contributed by atoms with Crippen LogP contribution in [0.1, 0.15) is 24.0 Å². The molecule has 0 bridgehead atoms. The number of carboxylic acids is 1. The van der Waals surface area contributed by atoms with Crippen molar-refractivity contribution in [2.45, 2.75) is 31.5 Å². The SMILES string of the molecule is NC(CCCc1cccc(C(F)(F)F)c1)C(=O)O. The molecule has 0 amide bonds. The molecule has 100 valence electrons. The third kappa shape index (κ3) is 4.37. The van der Waals surface area contributed by atoms with Gasteiger partial charge in [-0.05, 0) is 30.9 Å². The smallest absolute Gasteiger partial charge is 0.416 e. The lowest BCUT2D eigenvalue weighted by atomic mass is 10.0. The number of alkyl halides is 3. The lowest BCUT2D eigenvalue weighted by Crippen LogP contribution is -2.29. The number of aliphatic carboxylic acids is 1. The van der Waals surface area contributed by atoms with Gasteiger partial charge in [0, 0.05) is 0 Å². The molecule has 6 heteroatoms. The Morgan fingerprint density at radius 2 is 2.06 bits per heavy atom. The molecule has 18 heavy (non-hydrogen) atoms. The summed E-state index contributed by atoms with van der Waals surface area (Å²) in [6, 6.07) is 4.05. The van der Waals surface area contributed by atoms with E-state index in [1.807, 2.05) is 0 Å². The van der Waals surface area contributed by atoms with Gasteiger partial charge in [-0.25, -0.2) is 0 Å². The molecule has 1 aromatic carbocycles. The van der Waals surface area contributed by atoms with Crippen LogP contribution in [0.15, 0.2) is 24.3 Å². The van der Waals surface area contributed by atoms with Gasteiger partial charge >= 0.3 is 12.1 Å². The number of halogens is 3. The summed E-state index contributed by atoms with van der Waals surface area (Å²) in [5.41, 5.74) is 5.14. The van der Waals surface area contributed by atoms with Crippen molar-refractivity contribution in [1.82, 2.24) is 0 Å². The Kier molecular flexibility index (Phi) is 4.72. The first-order valence-corrected chi connectivity index (χ1v) is 5.45. The zero-order chi connectivity index (χ0) is 13.8. The fourth-order valence-electron chi connectivity index (χ4n) is 1.55. The highest BCUT2D eigenvalue weighted by atomic mass is 19.4. The molecule has 3 N–H and O–H groups in total. The first-order valence-electron chi connectivity index (χ1n) is 5.45. The van der Waals surface area contributed by atoms with Gasteiger partial charge in [-0.15, -0.1) is 0 Å².